The van der Waals surface area contributed by atoms with Gasteiger partial charge in [-0.05, 0) is 68.1 Å². The van der Waals surface area contributed by atoms with Crippen molar-refractivity contribution in [3.8, 4) is 0 Å². The van der Waals surface area contributed by atoms with Crippen molar-refractivity contribution in [2.45, 2.75) is 135 Å². The molecule has 4 saturated carbocycles. The molecule has 1 aromatic rings. The van der Waals surface area contributed by atoms with E-state index < -0.39 is 47.1 Å². The molecule has 4 N–H and O–H groups in total. The molecule has 4 aliphatic carbocycles. The Kier molecular flexibility index (Phi) is 11.9. The molecule has 0 radical (unpaired) electrons. The molecule has 0 spiro atoms. The Morgan fingerprint density at radius 3 is 2.29 bits per heavy atom. The summed E-state index contributed by atoms with van der Waals surface area (Å²) in [5.74, 6) is -2.94. The standard InChI is InChI=1S/C38H56N6O5/c1-6-11-28(33(46)37(49)42-25-16-17-25)43-35(47)30-26-15-10-14-24(26)20-27(30)32(45)34(38(3,4)5)44-36(48)31(23-12-8-7-9-13-23)41-22(2)29-21-39-18-19-40-29/h18-19,21,23-28,30-31,34,41H,2,6-17,20H2,1,3-5H3,(H,42,49)(H,43,47)(H,44,48)/t24?,26?,27?,28-,30+,31-,34+/m0/s1. The number of amides is 3. The van der Waals surface area contributed by atoms with Gasteiger partial charge in [-0.3, -0.25) is 33.9 Å². The highest BCUT2D eigenvalue weighted by molar-refractivity contribution is 6.38. The molecule has 11 heteroatoms. The van der Waals surface area contributed by atoms with Crippen molar-refractivity contribution in [2.75, 3.05) is 0 Å². The first-order valence-electron chi connectivity index (χ1n) is 18.6. The van der Waals surface area contributed by atoms with Crippen molar-refractivity contribution >= 4 is 35.0 Å². The fourth-order valence-electron chi connectivity index (χ4n) is 8.48. The van der Waals surface area contributed by atoms with Crippen molar-refractivity contribution in [3.63, 3.8) is 0 Å². The lowest BCUT2D eigenvalue weighted by Crippen LogP contribution is -2.58. The molecule has 49 heavy (non-hydrogen) atoms. The largest absolute Gasteiger partial charge is 0.372 e. The predicted molar refractivity (Wildman–Crippen MR) is 186 cm³/mol. The second-order valence-electron chi connectivity index (χ2n) is 16.0. The summed E-state index contributed by atoms with van der Waals surface area (Å²) in [7, 11) is 0. The first kappa shape index (κ1) is 36.6. The zero-order valence-corrected chi connectivity index (χ0v) is 29.8. The predicted octanol–water partition coefficient (Wildman–Crippen LogP) is 4.27. The van der Waals surface area contributed by atoms with Crippen molar-refractivity contribution in [1.29, 1.82) is 0 Å². The summed E-state index contributed by atoms with van der Waals surface area (Å²) in [5.41, 5.74) is 0.419. The summed E-state index contributed by atoms with van der Waals surface area (Å²) < 4.78 is 0. The number of ketones is 2. The topological polar surface area (TPSA) is 159 Å². The van der Waals surface area contributed by atoms with E-state index in [-0.39, 0.29) is 41.4 Å². The Balaban J connectivity index is 1.36. The van der Waals surface area contributed by atoms with Crippen molar-refractivity contribution in [2.24, 2.45) is 35.0 Å². The lowest BCUT2D eigenvalue weighted by Gasteiger charge is -2.37. The SMILES string of the molecule is C=C(N[C@H](C(=O)N[C@H](C(=O)C1CC2CCCC2[C@H]1C(=O)N[C@@H](CCC)C(=O)C(=O)NC1CC1)C(C)(C)C)C1CCCCC1)c1cnccn1. The fraction of sp³-hybridized carbons (Fsp3) is 0.711. The molecule has 5 rings (SSSR count). The van der Waals surface area contributed by atoms with E-state index in [2.05, 4.69) is 37.8 Å². The number of carbonyl (C=O) groups is 5. The fourth-order valence-corrected chi connectivity index (χ4v) is 8.48. The van der Waals surface area contributed by atoms with E-state index in [0.29, 0.717) is 30.7 Å². The number of carbonyl (C=O) groups excluding carboxylic acids is 5. The van der Waals surface area contributed by atoms with E-state index in [0.717, 1.165) is 64.2 Å². The minimum Gasteiger partial charge on any atom is -0.372 e. The monoisotopic (exact) mass is 676 g/mol. The summed E-state index contributed by atoms with van der Waals surface area (Å²) in [5, 5.41) is 12.2. The van der Waals surface area contributed by atoms with Crippen LogP contribution in [0.3, 0.4) is 0 Å². The van der Waals surface area contributed by atoms with E-state index in [1.807, 2.05) is 27.7 Å². The maximum absolute atomic E-state index is 14.7. The molecule has 3 amide bonds. The van der Waals surface area contributed by atoms with E-state index >= 15 is 0 Å². The molecule has 268 valence electrons. The van der Waals surface area contributed by atoms with Gasteiger partial charge in [-0.2, -0.15) is 0 Å². The lowest BCUT2D eigenvalue weighted by molar-refractivity contribution is -0.142. The van der Waals surface area contributed by atoms with Gasteiger partial charge < -0.3 is 21.3 Å². The number of Topliss-reactive ketones (excluding diaryl/α,β-unsaturated/α-hetero) is 2. The Hall–Kier alpha value is -3.63. The highest BCUT2D eigenvalue weighted by Crippen LogP contribution is 2.52. The van der Waals surface area contributed by atoms with Crippen LogP contribution in [-0.4, -0.2) is 63.4 Å². The number of hydrogen-bond donors (Lipinski definition) is 4. The summed E-state index contributed by atoms with van der Waals surface area (Å²) in [6.45, 7) is 11.9. The zero-order valence-electron chi connectivity index (χ0n) is 29.8. The summed E-state index contributed by atoms with van der Waals surface area (Å²) in [4.78, 5) is 77.4. The molecule has 0 saturated heterocycles. The van der Waals surface area contributed by atoms with Gasteiger partial charge in [-0.1, -0.05) is 72.8 Å². The molecule has 1 heterocycles. The van der Waals surface area contributed by atoms with Crippen LogP contribution in [0.15, 0.2) is 25.2 Å². The number of hydrogen-bond acceptors (Lipinski definition) is 8. The van der Waals surface area contributed by atoms with E-state index in [1.165, 1.54) is 0 Å². The second kappa shape index (κ2) is 15.9. The van der Waals surface area contributed by atoms with E-state index in [9.17, 15) is 24.0 Å². The van der Waals surface area contributed by atoms with Crippen LogP contribution >= 0.6 is 0 Å². The summed E-state index contributed by atoms with van der Waals surface area (Å²) in [6, 6.07) is -2.35. The number of nitrogens with one attached hydrogen (secondary N) is 4. The van der Waals surface area contributed by atoms with Gasteiger partial charge in [0.1, 0.15) is 11.7 Å². The van der Waals surface area contributed by atoms with Gasteiger partial charge in [-0.25, -0.2) is 0 Å². The van der Waals surface area contributed by atoms with Crippen LogP contribution in [0.5, 0.6) is 0 Å². The van der Waals surface area contributed by atoms with Gasteiger partial charge in [-0.15, -0.1) is 0 Å². The second-order valence-corrected chi connectivity index (χ2v) is 16.0. The third-order valence-corrected chi connectivity index (χ3v) is 11.2. The van der Waals surface area contributed by atoms with Crippen molar-refractivity contribution in [3.05, 3.63) is 30.9 Å². The molecule has 1 aromatic heterocycles. The molecule has 3 unspecified atom stereocenters. The Labute approximate surface area is 291 Å². The Morgan fingerprint density at radius 1 is 0.918 bits per heavy atom. The van der Waals surface area contributed by atoms with Crippen LogP contribution in [0.4, 0.5) is 0 Å². The lowest BCUT2D eigenvalue weighted by atomic mass is 9.75. The van der Waals surface area contributed by atoms with Gasteiger partial charge >= 0.3 is 0 Å². The van der Waals surface area contributed by atoms with E-state index in [1.54, 1.807) is 18.6 Å². The zero-order chi connectivity index (χ0) is 35.3. The van der Waals surface area contributed by atoms with Crippen molar-refractivity contribution in [1.82, 2.24) is 31.2 Å². The minimum atomic E-state index is -0.935. The smallest absolute Gasteiger partial charge is 0.289 e. The maximum Gasteiger partial charge on any atom is 0.289 e. The molecule has 4 fully saturated rings. The molecular weight excluding hydrogens is 620 g/mol. The van der Waals surface area contributed by atoms with Gasteiger partial charge in [0.2, 0.25) is 17.6 Å². The minimum absolute atomic E-state index is 0.0231. The quantitative estimate of drug-likeness (QED) is 0.201. The number of rotatable bonds is 15. The van der Waals surface area contributed by atoms with Crippen molar-refractivity contribution < 1.29 is 24.0 Å². The average molecular weight is 677 g/mol. The Bertz CT molecular complexity index is 1380. The summed E-state index contributed by atoms with van der Waals surface area (Å²) in [6.07, 6.45) is 15.8. The van der Waals surface area contributed by atoms with Crippen LogP contribution < -0.4 is 21.3 Å². The third kappa shape index (κ3) is 8.94. The molecule has 0 bridgehead atoms. The average Bonchev–Trinajstić information content (AvgIpc) is 3.65. The molecule has 11 nitrogen and oxygen atoms in total. The number of nitrogens with zero attached hydrogens (tertiary/aromatic N) is 2. The number of fused-ring (bicyclic) bond motifs is 1. The van der Waals surface area contributed by atoms with Gasteiger partial charge in [0.15, 0.2) is 5.78 Å². The molecule has 7 atom stereocenters. The van der Waals surface area contributed by atoms with Gasteiger partial charge in [0, 0.05) is 24.4 Å². The molecule has 0 aliphatic heterocycles. The van der Waals surface area contributed by atoms with Crippen LogP contribution in [0.25, 0.3) is 5.70 Å². The van der Waals surface area contributed by atoms with Gasteiger partial charge in [0.05, 0.1) is 29.9 Å². The van der Waals surface area contributed by atoms with Crippen LogP contribution in [-0.2, 0) is 24.0 Å². The molecular formula is C38H56N6O5. The molecule has 0 aromatic carbocycles. The summed E-state index contributed by atoms with van der Waals surface area (Å²) >= 11 is 0. The highest BCUT2D eigenvalue weighted by Gasteiger charge is 2.54. The highest BCUT2D eigenvalue weighted by atomic mass is 16.2. The Morgan fingerprint density at radius 2 is 1.65 bits per heavy atom. The normalized spacial score (nSPS) is 25.7. The first-order valence-corrected chi connectivity index (χ1v) is 18.6. The first-order chi connectivity index (χ1) is 23.4. The van der Waals surface area contributed by atoms with Gasteiger partial charge in [0.25, 0.3) is 5.91 Å². The number of aromatic nitrogens is 2. The maximum atomic E-state index is 14.7. The molecule has 4 aliphatic rings. The van der Waals surface area contributed by atoms with Crippen LogP contribution in [0, 0.1) is 35.0 Å². The van der Waals surface area contributed by atoms with E-state index in [4.69, 9.17) is 0 Å². The van der Waals surface area contributed by atoms with Crippen LogP contribution in [0.1, 0.15) is 117 Å². The third-order valence-electron chi connectivity index (χ3n) is 11.2. The van der Waals surface area contributed by atoms with Crippen LogP contribution in [0.2, 0.25) is 0 Å².